The first kappa shape index (κ1) is 106. The van der Waals surface area contributed by atoms with Crippen LogP contribution in [0.2, 0.25) is 0 Å². The fraction of sp³-hybridized carbons (Fsp3) is 0.823. The van der Waals surface area contributed by atoms with Crippen LogP contribution in [0.4, 0.5) is 0 Å². The zero-order valence-electron chi connectivity index (χ0n) is 72.3. The summed E-state index contributed by atoms with van der Waals surface area (Å²) in [6.07, 6.45) is 77.0. The summed E-state index contributed by atoms with van der Waals surface area (Å²) >= 11 is 0. The number of carbonyl (C=O) groups is 1. The minimum absolute atomic E-state index is 0.240. The van der Waals surface area contributed by atoms with Crippen LogP contribution in [0.15, 0.2) is 97.2 Å². The molecule has 12 N–H and O–H groups in total. The number of aliphatic hydroxyl groups excluding tert-OH is 11. The van der Waals surface area contributed by atoms with E-state index in [9.17, 15) is 61.0 Å². The van der Waals surface area contributed by atoms with Gasteiger partial charge in [0.2, 0.25) is 5.91 Å². The molecule has 3 heterocycles. The Morgan fingerprint density at radius 2 is 0.600 bits per heavy atom. The van der Waals surface area contributed by atoms with Crippen LogP contribution in [0.5, 0.6) is 0 Å². The van der Waals surface area contributed by atoms with Gasteiger partial charge >= 0.3 is 0 Å². The fourth-order valence-corrected chi connectivity index (χ4v) is 15.5. The third kappa shape index (κ3) is 52.6. The van der Waals surface area contributed by atoms with Gasteiger partial charge in [-0.25, -0.2) is 0 Å². The van der Waals surface area contributed by atoms with Gasteiger partial charge in [0.05, 0.1) is 38.6 Å². The number of hydrogen-bond donors (Lipinski definition) is 12. The van der Waals surface area contributed by atoms with Gasteiger partial charge in [0.1, 0.15) is 73.2 Å². The molecule has 115 heavy (non-hydrogen) atoms. The van der Waals surface area contributed by atoms with Crippen molar-refractivity contribution in [1.82, 2.24) is 5.32 Å². The molecule has 3 rings (SSSR count). The SMILES string of the molecule is CC/C=C\C/C=C\C/C=C\C/C=C\C/C=C\C/C=C\C/C=C\CCCCCCCCCCCCCCCCCC(=O)NC(COC1OC(CO)C(OC2OC(CO)C(OC3OC(CO)C(O)C(O)C3O)C(O)C2O)C(O)C1O)C(O)/C=C/CCCCCCCCCCCCCCCCCCCCCCCCCCCCCCCCC. The molecule has 0 bridgehead atoms. The largest absolute Gasteiger partial charge is 0.394 e. The van der Waals surface area contributed by atoms with E-state index >= 15 is 0 Å². The number of rotatable bonds is 76. The molecule has 1 amide bonds. The van der Waals surface area contributed by atoms with Crippen molar-refractivity contribution in [3.63, 3.8) is 0 Å². The van der Waals surface area contributed by atoms with Crippen LogP contribution in [-0.2, 0) is 33.2 Å². The lowest BCUT2D eigenvalue weighted by Crippen LogP contribution is -2.66. The van der Waals surface area contributed by atoms with Crippen molar-refractivity contribution in [2.24, 2.45) is 0 Å². The van der Waals surface area contributed by atoms with Crippen LogP contribution < -0.4 is 5.32 Å². The molecular weight excluding hydrogens is 1460 g/mol. The number of aliphatic hydroxyl groups is 11. The van der Waals surface area contributed by atoms with Crippen molar-refractivity contribution in [3.05, 3.63) is 97.2 Å². The molecule has 3 aliphatic heterocycles. The zero-order valence-corrected chi connectivity index (χ0v) is 72.3. The molecule has 0 aromatic carbocycles. The highest BCUT2D eigenvalue weighted by Gasteiger charge is 2.54. The predicted molar refractivity (Wildman–Crippen MR) is 466 cm³/mol. The Labute approximate surface area is 698 Å². The maximum atomic E-state index is 13.5. The summed E-state index contributed by atoms with van der Waals surface area (Å²) in [5, 5.41) is 121. The summed E-state index contributed by atoms with van der Waals surface area (Å²) in [5.74, 6) is -0.273. The Hall–Kier alpha value is -3.29. The van der Waals surface area contributed by atoms with Gasteiger partial charge < -0.3 is 89.9 Å². The van der Waals surface area contributed by atoms with E-state index in [1.54, 1.807) is 6.08 Å². The van der Waals surface area contributed by atoms with Crippen LogP contribution in [0, 0.1) is 0 Å². The van der Waals surface area contributed by atoms with E-state index in [2.05, 4.69) is 104 Å². The molecule has 0 aromatic heterocycles. The Balaban J connectivity index is 1.32. The summed E-state index contributed by atoms with van der Waals surface area (Å²) in [6, 6.07) is -0.981. The molecule has 3 fully saturated rings. The smallest absolute Gasteiger partial charge is 0.220 e. The maximum Gasteiger partial charge on any atom is 0.220 e. The summed E-state index contributed by atoms with van der Waals surface area (Å²) in [5.41, 5.74) is 0. The molecule has 0 saturated carbocycles. The van der Waals surface area contributed by atoms with Gasteiger partial charge in [-0.3, -0.25) is 4.79 Å². The van der Waals surface area contributed by atoms with Gasteiger partial charge in [-0.05, 0) is 77.0 Å². The van der Waals surface area contributed by atoms with Crippen molar-refractivity contribution < 1.29 is 89.4 Å². The van der Waals surface area contributed by atoms with E-state index in [-0.39, 0.29) is 18.9 Å². The number of hydrogen-bond acceptors (Lipinski definition) is 18. The number of unbranched alkanes of at least 4 members (excludes halogenated alkanes) is 46. The van der Waals surface area contributed by atoms with Crippen LogP contribution >= 0.6 is 0 Å². The molecule has 0 radical (unpaired) electrons. The van der Waals surface area contributed by atoms with E-state index in [0.29, 0.717) is 6.42 Å². The normalized spacial score (nSPS) is 25.0. The molecule has 3 saturated heterocycles. The summed E-state index contributed by atoms with van der Waals surface area (Å²) in [4.78, 5) is 13.5. The molecule has 0 spiro atoms. The molecule has 0 aliphatic carbocycles. The van der Waals surface area contributed by atoms with Crippen molar-refractivity contribution in [3.8, 4) is 0 Å². The lowest BCUT2D eigenvalue weighted by Gasteiger charge is -2.48. The number of nitrogens with one attached hydrogen (secondary N) is 1. The van der Waals surface area contributed by atoms with Crippen LogP contribution in [-0.4, -0.2) is 193 Å². The van der Waals surface area contributed by atoms with Gasteiger partial charge in [0.25, 0.3) is 0 Å². The van der Waals surface area contributed by atoms with Crippen molar-refractivity contribution >= 4 is 5.91 Å². The molecule has 0 aromatic rings. The third-order valence-corrected chi connectivity index (χ3v) is 22.9. The van der Waals surface area contributed by atoms with Crippen LogP contribution in [0.1, 0.15) is 373 Å². The molecule has 3 aliphatic rings. The van der Waals surface area contributed by atoms with Gasteiger partial charge in [-0.2, -0.15) is 0 Å². The van der Waals surface area contributed by atoms with Gasteiger partial charge in [-0.1, -0.05) is 387 Å². The first-order valence-electron chi connectivity index (χ1n) is 47.0. The number of ether oxygens (including phenoxy) is 6. The average molecular weight is 1630 g/mol. The van der Waals surface area contributed by atoms with Gasteiger partial charge in [-0.15, -0.1) is 0 Å². The van der Waals surface area contributed by atoms with E-state index < -0.39 is 124 Å². The first-order valence-corrected chi connectivity index (χ1v) is 47.0. The van der Waals surface area contributed by atoms with Crippen LogP contribution in [0.3, 0.4) is 0 Å². The molecule has 19 nitrogen and oxygen atoms in total. The Morgan fingerprint density at radius 3 is 0.939 bits per heavy atom. The maximum absolute atomic E-state index is 13.5. The first-order chi connectivity index (χ1) is 56.3. The Bertz CT molecular complexity index is 2450. The number of amides is 1. The summed E-state index contributed by atoms with van der Waals surface area (Å²) < 4.78 is 34.6. The van der Waals surface area contributed by atoms with Crippen LogP contribution in [0.25, 0.3) is 0 Å². The Kier molecular flexibility index (Phi) is 68.6. The summed E-state index contributed by atoms with van der Waals surface area (Å²) in [6.45, 7) is 1.67. The molecule has 19 heteroatoms. The second kappa shape index (κ2) is 74.5. The average Bonchev–Trinajstić information content (AvgIpc) is 0.779. The highest BCUT2D eigenvalue weighted by molar-refractivity contribution is 5.76. The van der Waals surface area contributed by atoms with E-state index in [1.807, 2.05) is 6.08 Å². The fourth-order valence-electron chi connectivity index (χ4n) is 15.5. The molecule has 17 atom stereocenters. The van der Waals surface area contributed by atoms with Crippen molar-refractivity contribution in [2.75, 3.05) is 26.4 Å². The standard InChI is InChI=1S/C96H171NO18/c1-3-5-7-9-11-13-15-17-19-21-23-25-27-29-31-33-35-37-38-39-40-42-44-46-48-50-52-54-56-58-60-62-64-66-68-70-72-74-84(102)97-79(80(101)73-71-69-67-65-63-61-59-57-55-53-51-49-47-45-43-41-36-34-32-30-28-26-24-22-20-18-16-14-12-10-8-6-4-2)78-110-94-90(108)87(105)92(82(76-99)112-94)115-96-91(109)88(106)93(83(77-100)113-96)114-95-89(107)86(104)85(103)81(75-98)111-95/h5,7,11,13,17,19,23,25,29,31,35,37,39-40,71,73,79-83,85-96,98-101,103-109H,3-4,6,8-10,12,14-16,18,20-22,24,26-28,30,32-34,36,38,41-70,72,74-78H2,1-2H3,(H,97,102)/b7-5-,13-11-,19-17-,25-23-,31-29-,37-35-,40-39-,73-71+. The zero-order chi connectivity index (χ0) is 83.1. The van der Waals surface area contributed by atoms with Gasteiger partial charge in [0.15, 0.2) is 18.9 Å². The van der Waals surface area contributed by atoms with Gasteiger partial charge in [0, 0.05) is 6.42 Å². The second-order valence-electron chi connectivity index (χ2n) is 33.1. The minimum Gasteiger partial charge on any atom is -0.394 e. The van der Waals surface area contributed by atoms with Crippen molar-refractivity contribution in [1.29, 1.82) is 0 Å². The molecule has 17 unspecified atom stereocenters. The monoisotopic (exact) mass is 1630 g/mol. The van der Waals surface area contributed by atoms with E-state index in [0.717, 1.165) is 96.3 Å². The Morgan fingerprint density at radius 1 is 0.322 bits per heavy atom. The van der Waals surface area contributed by atoms with E-state index in [1.165, 1.54) is 250 Å². The quantitative estimate of drug-likeness (QED) is 0.0199. The van der Waals surface area contributed by atoms with Crippen molar-refractivity contribution in [2.45, 2.75) is 478 Å². The second-order valence-corrected chi connectivity index (χ2v) is 33.1. The molecule has 668 valence electrons. The lowest BCUT2D eigenvalue weighted by molar-refractivity contribution is -0.379. The summed E-state index contributed by atoms with van der Waals surface area (Å²) in [7, 11) is 0. The molecular formula is C96H171NO18. The number of carbonyl (C=O) groups excluding carboxylic acids is 1. The number of allylic oxidation sites excluding steroid dienone is 15. The topological polar surface area (TPSA) is 307 Å². The third-order valence-electron chi connectivity index (χ3n) is 22.9. The van der Waals surface area contributed by atoms with E-state index in [4.69, 9.17) is 28.4 Å². The highest BCUT2D eigenvalue weighted by atomic mass is 16.8. The predicted octanol–water partition coefficient (Wildman–Crippen LogP) is 18.6. The highest BCUT2D eigenvalue weighted by Crippen LogP contribution is 2.34. The minimum atomic E-state index is -1.98. The lowest BCUT2D eigenvalue weighted by atomic mass is 9.96.